The summed E-state index contributed by atoms with van der Waals surface area (Å²) in [4.78, 5) is 24.6. The second kappa shape index (κ2) is 5.05. The Morgan fingerprint density at radius 1 is 1.44 bits per heavy atom. The van der Waals surface area contributed by atoms with E-state index >= 15 is 0 Å². The Hall–Kier alpha value is -0.750. The first-order valence-corrected chi connectivity index (χ1v) is 6.67. The Morgan fingerprint density at radius 3 is 2.88 bits per heavy atom. The molecular weight excluding hydrogens is 228 g/mol. The summed E-state index contributed by atoms with van der Waals surface area (Å²) in [5.74, 6) is 0.120. The lowest BCUT2D eigenvalue weighted by atomic mass is 9.98. The molecule has 2 saturated heterocycles. The van der Waals surface area contributed by atoms with Crippen molar-refractivity contribution in [2.75, 3.05) is 24.7 Å². The van der Waals surface area contributed by atoms with E-state index in [1.807, 2.05) is 0 Å². The van der Waals surface area contributed by atoms with Crippen molar-refractivity contribution in [3.63, 3.8) is 0 Å². The minimum absolute atomic E-state index is 0.00426. The van der Waals surface area contributed by atoms with E-state index in [4.69, 9.17) is 5.11 Å². The van der Waals surface area contributed by atoms with Gasteiger partial charge in [0.05, 0.1) is 11.8 Å². The van der Waals surface area contributed by atoms with E-state index in [0.717, 1.165) is 19.4 Å². The molecular formula is C10H16N2O3S. The third kappa shape index (κ3) is 2.32. The van der Waals surface area contributed by atoms with Crippen LogP contribution in [0, 0.1) is 5.92 Å². The number of thioether (sulfide) groups is 1. The second-order valence-corrected chi connectivity index (χ2v) is 5.21. The summed E-state index contributed by atoms with van der Waals surface area (Å²) >= 11 is 1.51. The molecule has 90 valence electrons. The van der Waals surface area contributed by atoms with Crippen molar-refractivity contribution in [2.45, 2.75) is 18.9 Å². The van der Waals surface area contributed by atoms with Crippen LogP contribution in [-0.4, -0.2) is 52.6 Å². The molecule has 2 rings (SSSR count). The van der Waals surface area contributed by atoms with Crippen LogP contribution >= 0.6 is 11.8 Å². The maximum absolute atomic E-state index is 12.1. The average molecular weight is 244 g/mol. The molecule has 0 unspecified atom stereocenters. The number of nitrogens with one attached hydrogen (secondary N) is 1. The Morgan fingerprint density at radius 2 is 2.25 bits per heavy atom. The smallest absolute Gasteiger partial charge is 0.327 e. The first-order valence-electron chi connectivity index (χ1n) is 5.52. The summed E-state index contributed by atoms with van der Waals surface area (Å²) in [6, 6.07) is -0.626. The van der Waals surface area contributed by atoms with Gasteiger partial charge in [-0.1, -0.05) is 0 Å². The van der Waals surface area contributed by atoms with Gasteiger partial charge in [0.15, 0.2) is 0 Å². The maximum Gasteiger partial charge on any atom is 0.327 e. The van der Waals surface area contributed by atoms with Crippen molar-refractivity contribution in [3.8, 4) is 0 Å². The molecule has 0 spiro atoms. The number of piperidine rings is 1. The van der Waals surface area contributed by atoms with Crippen LogP contribution < -0.4 is 5.32 Å². The molecule has 2 heterocycles. The van der Waals surface area contributed by atoms with Crippen LogP contribution in [0.4, 0.5) is 0 Å². The van der Waals surface area contributed by atoms with Crippen LogP contribution in [0.2, 0.25) is 0 Å². The van der Waals surface area contributed by atoms with Gasteiger partial charge in [0.1, 0.15) is 6.04 Å². The van der Waals surface area contributed by atoms with E-state index in [9.17, 15) is 9.59 Å². The van der Waals surface area contributed by atoms with Crippen LogP contribution in [0.1, 0.15) is 12.8 Å². The number of carbonyl (C=O) groups is 2. The highest BCUT2D eigenvalue weighted by Crippen LogP contribution is 2.24. The fourth-order valence-corrected chi connectivity index (χ4v) is 3.32. The van der Waals surface area contributed by atoms with Crippen molar-refractivity contribution < 1.29 is 14.7 Å². The van der Waals surface area contributed by atoms with E-state index in [2.05, 4.69) is 5.32 Å². The number of carbonyl (C=O) groups excluding carboxylic acids is 1. The fraction of sp³-hybridized carbons (Fsp3) is 0.800. The molecule has 0 bridgehead atoms. The van der Waals surface area contributed by atoms with Crippen molar-refractivity contribution in [2.24, 2.45) is 5.92 Å². The Balaban J connectivity index is 1.99. The molecule has 0 saturated carbocycles. The fourth-order valence-electron chi connectivity index (χ4n) is 2.16. The van der Waals surface area contributed by atoms with Gasteiger partial charge in [-0.05, 0) is 19.4 Å². The van der Waals surface area contributed by atoms with Gasteiger partial charge in [0.2, 0.25) is 5.91 Å². The predicted octanol–water partition coefficient (Wildman–Crippen LogP) is -0.0279. The van der Waals surface area contributed by atoms with Crippen LogP contribution in [0.15, 0.2) is 0 Å². The largest absolute Gasteiger partial charge is 0.480 e. The number of hydrogen-bond donors (Lipinski definition) is 2. The van der Waals surface area contributed by atoms with Crippen LogP contribution in [0.25, 0.3) is 0 Å². The normalized spacial score (nSPS) is 30.4. The lowest BCUT2D eigenvalue weighted by Crippen LogP contribution is -2.48. The number of carboxylic acid groups (broad SMARTS) is 1. The maximum atomic E-state index is 12.1. The molecule has 0 aromatic heterocycles. The SMILES string of the molecule is O=C(O)[C@@H]1CSCN1C(=O)[C@H]1CCCNC1. The first-order chi connectivity index (χ1) is 7.70. The number of hydrogen-bond acceptors (Lipinski definition) is 4. The van der Waals surface area contributed by atoms with Gasteiger partial charge in [0.25, 0.3) is 0 Å². The van der Waals surface area contributed by atoms with Crippen LogP contribution in [-0.2, 0) is 9.59 Å². The second-order valence-electron chi connectivity index (χ2n) is 4.21. The molecule has 2 aliphatic rings. The summed E-state index contributed by atoms with van der Waals surface area (Å²) in [7, 11) is 0. The summed E-state index contributed by atoms with van der Waals surface area (Å²) in [6.45, 7) is 1.65. The standard InChI is InChI=1S/C10H16N2O3S/c13-9(7-2-1-3-11-4-7)12-6-16-5-8(12)10(14)15/h7-8,11H,1-6H2,(H,14,15)/t7-,8-/m0/s1. The highest BCUT2D eigenvalue weighted by atomic mass is 32.2. The zero-order valence-corrected chi connectivity index (χ0v) is 9.83. The third-order valence-electron chi connectivity index (χ3n) is 3.10. The van der Waals surface area contributed by atoms with E-state index < -0.39 is 12.0 Å². The average Bonchev–Trinajstić information content (AvgIpc) is 2.78. The van der Waals surface area contributed by atoms with Gasteiger partial charge in [-0.15, -0.1) is 11.8 Å². The van der Waals surface area contributed by atoms with Gasteiger partial charge >= 0.3 is 5.97 Å². The number of amides is 1. The molecule has 0 radical (unpaired) electrons. The van der Waals surface area contributed by atoms with Crippen molar-refractivity contribution in [1.82, 2.24) is 10.2 Å². The Bertz CT molecular complexity index is 292. The Kier molecular flexibility index (Phi) is 3.70. The van der Waals surface area contributed by atoms with E-state index in [-0.39, 0.29) is 11.8 Å². The zero-order chi connectivity index (χ0) is 11.5. The quantitative estimate of drug-likeness (QED) is 0.714. The third-order valence-corrected chi connectivity index (χ3v) is 4.11. The summed E-state index contributed by atoms with van der Waals surface area (Å²) in [5.41, 5.74) is 0. The van der Waals surface area contributed by atoms with Crippen LogP contribution in [0.5, 0.6) is 0 Å². The van der Waals surface area contributed by atoms with Gasteiger partial charge in [-0.3, -0.25) is 4.79 Å². The van der Waals surface area contributed by atoms with Gasteiger partial charge in [0, 0.05) is 12.3 Å². The highest BCUT2D eigenvalue weighted by molar-refractivity contribution is 7.99. The monoisotopic (exact) mass is 244 g/mol. The molecule has 2 atom stereocenters. The molecule has 2 aliphatic heterocycles. The van der Waals surface area contributed by atoms with Gasteiger partial charge in [-0.25, -0.2) is 4.79 Å². The number of nitrogens with zero attached hydrogens (tertiary/aromatic N) is 1. The molecule has 2 N–H and O–H groups in total. The predicted molar refractivity (Wildman–Crippen MR) is 61.2 cm³/mol. The van der Waals surface area contributed by atoms with Gasteiger partial charge < -0.3 is 15.3 Å². The van der Waals surface area contributed by atoms with Crippen molar-refractivity contribution in [3.05, 3.63) is 0 Å². The molecule has 0 aliphatic carbocycles. The van der Waals surface area contributed by atoms with Crippen molar-refractivity contribution in [1.29, 1.82) is 0 Å². The molecule has 0 aromatic rings. The lowest BCUT2D eigenvalue weighted by Gasteiger charge is -2.28. The van der Waals surface area contributed by atoms with Gasteiger partial charge in [-0.2, -0.15) is 0 Å². The van der Waals surface area contributed by atoms with E-state index in [1.165, 1.54) is 16.7 Å². The Labute approximate surface area is 98.6 Å². The van der Waals surface area contributed by atoms with Crippen molar-refractivity contribution >= 4 is 23.6 Å². The minimum atomic E-state index is -0.887. The first kappa shape index (κ1) is 11.7. The molecule has 6 heteroatoms. The molecule has 2 fully saturated rings. The summed E-state index contributed by atoms with van der Waals surface area (Å²) in [5, 5.41) is 12.2. The number of carboxylic acids is 1. The zero-order valence-electron chi connectivity index (χ0n) is 9.02. The topological polar surface area (TPSA) is 69.6 Å². The number of aliphatic carboxylic acids is 1. The van der Waals surface area contributed by atoms with E-state index in [1.54, 1.807) is 0 Å². The highest BCUT2D eigenvalue weighted by Gasteiger charge is 2.37. The molecule has 16 heavy (non-hydrogen) atoms. The summed E-state index contributed by atoms with van der Waals surface area (Å²) < 4.78 is 0. The lowest BCUT2D eigenvalue weighted by molar-refractivity contribution is -0.149. The summed E-state index contributed by atoms with van der Waals surface area (Å²) in [6.07, 6.45) is 1.87. The molecule has 0 aromatic carbocycles. The van der Waals surface area contributed by atoms with Crippen LogP contribution in [0.3, 0.4) is 0 Å². The molecule has 1 amide bonds. The molecule has 5 nitrogen and oxygen atoms in total. The minimum Gasteiger partial charge on any atom is -0.480 e. The van der Waals surface area contributed by atoms with E-state index in [0.29, 0.717) is 18.2 Å². The number of rotatable bonds is 2.